The van der Waals surface area contributed by atoms with Crippen molar-refractivity contribution in [3.63, 3.8) is 0 Å². The Morgan fingerprint density at radius 2 is 1.24 bits per heavy atom. The molecule has 0 unspecified atom stereocenters. The molecule has 0 fully saturated rings. The third kappa shape index (κ3) is 5.00. The van der Waals surface area contributed by atoms with Gasteiger partial charge in [-0.25, -0.2) is 9.59 Å². The van der Waals surface area contributed by atoms with Crippen molar-refractivity contribution in [2.75, 3.05) is 0 Å². The van der Waals surface area contributed by atoms with E-state index in [4.69, 9.17) is 0 Å². The standard InChI is InChI=1S/C29H32O4/c1-4-7-13-20-18-19(6-3)26(22-14-8-10-16-24(22)28(30)31)27(21(20)12-5-2)23-15-9-11-17-25(23)29(32)33/h8-11,14-18H,4-7,12-13H2,1-3H3,(H,30,31)(H,32,33). The molecule has 0 aliphatic rings. The summed E-state index contributed by atoms with van der Waals surface area (Å²) in [5, 5.41) is 19.9. The van der Waals surface area contributed by atoms with Gasteiger partial charge in [-0.15, -0.1) is 0 Å². The Bertz CT molecular complexity index is 1160. The molecule has 0 radical (unpaired) electrons. The third-order valence-electron chi connectivity index (χ3n) is 6.14. The number of unbranched alkanes of at least 4 members (excludes halogenated alkanes) is 1. The molecule has 4 nitrogen and oxygen atoms in total. The van der Waals surface area contributed by atoms with Gasteiger partial charge in [0.05, 0.1) is 11.1 Å². The average molecular weight is 445 g/mol. The van der Waals surface area contributed by atoms with Crippen molar-refractivity contribution in [3.8, 4) is 22.3 Å². The number of aromatic carboxylic acids is 2. The van der Waals surface area contributed by atoms with Gasteiger partial charge in [0.2, 0.25) is 0 Å². The summed E-state index contributed by atoms with van der Waals surface area (Å²) in [6.45, 7) is 6.35. The fraction of sp³-hybridized carbons (Fsp3) is 0.310. The van der Waals surface area contributed by atoms with E-state index in [1.165, 1.54) is 5.56 Å². The van der Waals surface area contributed by atoms with Crippen molar-refractivity contribution in [2.24, 2.45) is 0 Å². The minimum absolute atomic E-state index is 0.227. The SMILES string of the molecule is CCCCc1cc(CC)c(-c2ccccc2C(=O)O)c(-c2ccccc2C(=O)O)c1CCC. The first-order chi connectivity index (χ1) is 15.9. The molecule has 3 aromatic rings. The quantitative estimate of drug-likeness (QED) is 0.345. The molecule has 3 aromatic carbocycles. The summed E-state index contributed by atoms with van der Waals surface area (Å²) in [5.74, 6) is -1.97. The van der Waals surface area contributed by atoms with Crippen molar-refractivity contribution in [3.05, 3.63) is 82.4 Å². The Morgan fingerprint density at radius 1 is 0.697 bits per heavy atom. The van der Waals surface area contributed by atoms with E-state index in [1.807, 2.05) is 24.3 Å². The first kappa shape index (κ1) is 24.2. The third-order valence-corrected chi connectivity index (χ3v) is 6.14. The highest BCUT2D eigenvalue weighted by Gasteiger charge is 2.25. The molecule has 172 valence electrons. The van der Waals surface area contributed by atoms with Gasteiger partial charge < -0.3 is 10.2 Å². The van der Waals surface area contributed by atoms with E-state index in [2.05, 4.69) is 26.8 Å². The highest BCUT2D eigenvalue weighted by Crippen LogP contribution is 2.43. The maximum absolute atomic E-state index is 12.2. The summed E-state index contributed by atoms with van der Waals surface area (Å²) < 4.78 is 0. The Labute approximate surface area is 195 Å². The second-order valence-corrected chi connectivity index (χ2v) is 8.33. The molecule has 2 N–H and O–H groups in total. The van der Waals surface area contributed by atoms with Crippen molar-refractivity contribution >= 4 is 11.9 Å². The predicted octanol–water partition coefficient (Wildman–Crippen LogP) is 7.27. The molecule has 0 saturated heterocycles. The molecule has 0 aliphatic carbocycles. The lowest BCUT2D eigenvalue weighted by Crippen LogP contribution is -2.09. The second kappa shape index (κ2) is 11.0. The van der Waals surface area contributed by atoms with E-state index in [9.17, 15) is 19.8 Å². The second-order valence-electron chi connectivity index (χ2n) is 8.33. The van der Waals surface area contributed by atoms with E-state index in [0.29, 0.717) is 11.1 Å². The summed E-state index contributed by atoms with van der Waals surface area (Å²) in [6, 6.07) is 16.3. The molecule has 0 aliphatic heterocycles. The minimum atomic E-state index is -0.989. The zero-order chi connectivity index (χ0) is 24.0. The van der Waals surface area contributed by atoms with Crippen LogP contribution in [0, 0.1) is 0 Å². The monoisotopic (exact) mass is 444 g/mol. The smallest absolute Gasteiger partial charge is 0.336 e. The van der Waals surface area contributed by atoms with Crippen LogP contribution < -0.4 is 0 Å². The summed E-state index contributed by atoms with van der Waals surface area (Å²) in [6.07, 6.45) is 5.46. The van der Waals surface area contributed by atoms with Crippen molar-refractivity contribution in [1.82, 2.24) is 0 Å². The van der Waals surface area contributed by atoms with Crippen LogP contribution in [0.1, 0.15) is 77.4 Å². The lowest BCUT2D eigenvalue weighted by molar-refractivity contribution is 0.0686. The highest BCUT2D eigenvalue weighted by atomic mass is 16.4. The summed E-state index contributed by atoms with van der Waals surface area (Å²) in [7, 11) is 0. The Kier molecular flexibility index (Phi) is 8.05. The number of carboxylic acid groups (broad SMARTS) is 2. The average Bonchev–Trinajstić information content (AvgIpc) is 2.82. The number of benzene rings is 3. The molecular formula is C29H32O4. The number of carbonyl (C=O) groups is 2. The van der Waals surface area contributed by atoms with E-state index in [-0.39, 0.29) is 11.1 Å². The molecule has 0 aromatic heterocycles. The van der Waals surface area contributed by atoms with Crippen molar-refractivity contribution in [1.29, 1.82) is 0 Å². The largest absolute Gasteiger partial charge is 0.478 e. The van der Waals surface area contributed by atoms with Crippen LogP contribution in [0.3, 0.4) is 0 Å². The molecule has 0 saturated carbocycles. The van der Waals surface area contributed by atoms with Crippen LogP contribution in [-0.4, -0.2) is 22.2 Å². The van der Waals surface area contributed by atoms with Crippen LogP contribution in [0.4, 0.5) is 0 Å². The van der Waals surface area contributed by atoms with E-state index < -0.39 is 11.9 Å². The van der Waals surface area contributed by atoms with Gasteiger partial charge in [-0.05, 0) is 76.8 Å². The van der Waals surface area contributed by atoms with Gasteiger partial charge in [0.15, 0.2) is 0 Å². The Morgan fingerprint density at radius 3 is 1.73 bits per heavy atom. The Balaban J connectivity index is 2.54. The topological polar surface area (TPSA) is 74.6 Å². The van der Waals surface area contributed by atoms with Crippen LogP contribution in [0.15, 0.2) is 54.6 Å². The van der Waals surface area contributed by atoms with Crippen molar-refractivity contribution < 1.29 is 19.8 Å². The molecule has 33 heavy (non-hydrogen) atoms. The van der Waals surface area contributed by atoms with Gasteiger partial charge in [0.1, 0.15) is 0 Å². The van der Waals surface area contributed by atoms with E-state index >= 15 is 0 Å². The lowest BCUT2D eigenvalue weighted by Gasteiger charge is -2.24. The molecule has 3 rings (SSSR count). The molecule has 0 amide bonds. The van der Waals surface area contributed by atoms with Crippen molar-refractivity contribution in [2.45, 2.75) is 59.3 Å². The van der Waals surface area contributed by atoms with Crippen LogP contribution in [0.25, 0.3) is 22.3 Å². The lowest BCUT2D eigenvalue weighted by atomic mass is 9.79. The van der Waals surface area contributed by atoms with E-state index in [1.54, 1.807) is 24.3 Å². The number of aryl methyl sites for hydroxylation is 2. The summed E-state index contributed by atoms with van der Waals surface area (Å²) >= 11 is 0. The van der Waals surface area contributed by atoms with Gasteiger partial charge >= 0.3 is 11.9 Å². The first-order valence-electron chi connectivity index (χ1n) is 11.8. The predicted molar refractivity (Wildman–Crippen MR) is 133 cm³/mol. The van der Waals surface area contributed by atoms with Crippen LogP contribution in [0.5, 0.6) is 0 Å². The molecule has 0 heterocycles. The number of hydrogen-bond donors (Lipinski definition) is 2. The Hall–Kier alpha value is -3.40. The van der Waals surface area contributed by atoms with Crippen LogP contribution >= 0.6 is 0 Å². The normalized spacial score (nSPS) is 10.9. The molecule has 0 bridgehead atoms. The van der Waals surface area contributed by atoms with Gasteiger partial charge in [0, 0.05) is 0 Å². The number of carboxylic acids is 2. The minimum Gasteiger partial charge on any atom is -0.478 e. The zero-order valence-electron chi connectivity index (χ0n) is 19.6. The molecule has 0 spiro atoms. The zero-order valence-corrected chi connectivity index (χ0v) is 19.6. The summed E-state index contributed by atoms with van der Waals surface area (Å²) in [5.41, 5.74) is 6.87. The number of hydrogen-bond acceptors (Lipinski definition) is 2. The molecule has 4 heteroatoms. The fourth-order valence-corrected chi connectivity index (χ4v) is 4.63. The van der Waals surface area contributed by atoms with E-state index in [0.717, 1.165) is 60.8 Å². The van der Waals surface area contributed by atoms with Crippen LogP contribution in [0.2, 0.25) is 0 Å². The molecule has 0 atom stereocenters. The fourth-order valence-electron chi connectivity index (χ4n) is 4.63. The van der Waals surface area contributed by atoms with Gasteiger partial charge in [-0.2, -0.15) is 0 Å². The van der Waals surface area contributed by atoms with Gasteiger partial charge in [-0.3, -0.25) is 0 Å². The maximum Gasteiger partial charge on any atom is 0.336 e. The molecular weight excluding hydrogens is 412 g/mol. The van der Waals surface area contributed by atoms with Gasteiger partial charge in [0.25, 0.3) is 0 Å². The highest BCUT2D eigenvalue weighted by molar-refractivity contribution is 6.04. The van der Waals surface area contributed by atoms with Gasteiger partial charge in [-0.1, -0.05) is 76.1 Å². The maximum atomic E-state index is 12.2. The first-order valence-corrected chi connectivity index (χ1v) is 11.8. The van der Waals surface area contributed by atoms with Crippen LogP contribution in [-0.2, 0) is 19.3 Å². The number of rotatable bonds is 10. The summed E-state index contributed by atoms with van der Waals surface area (Å²) in [4.78, 5) is 24.3.